The van der Waals surface area contributed by atoms with E-state index in [0.717, 1.165) is 25.7 Å². The van der Waals surface area contributed by atoms with Gasteiger partial charge in [0.05, 0.1) is 17.4 Å². The van der Waals surface area contributed by atoms with Gasteiger partial charge in [-0.15, -0.1) is 6.58 Å². The van der Waals surface area contributed by atoms with Crippen LogP contribution in [0.3, 0.4) is 0 Å². The molecule has 0 saturated carbocycles. The van der Waals surface area contributed by atoms with E-state index in [0.29, 0.717) is 38.8 Å². The van der Waals surface area contributed by atoms with Gasteiger partial charge in [0.15, 0.2) is 0 Å². The Labute approximate surface area is 196 Å². The number of carbonyl (C=O) groups is 3. The summed E-state index contributed by atoms with van der Waals surface area (Å²) in [4.78, 5) is 43.4. The molecule has 33 heavy (non-hydrogen) atoms. The van der Waals surface area contributed by atoms with Gasteiger partial charge in [-0.2, -0.15) is 0 Å². The summed E-state index contributed by atoms with van der Waals surface area (Å²) in [7, 11) is 0. The lowest BCUT2D eigenvalue weighted by Gasteiger charge is -2.39. The Morgan fingerprint density at radius 1 is 1.30 bits per heavy atom. The van der Waals surface area contributed by atoms with Crippen molar-refractivity contribution in [1.29, 1.82) is 0 Å². The molecule has 0 radical (unpaired) electrons. The quantitative estimate of drug-likeness (QED) is 0.320. The maximum atomic E-state index is 14.1. The Morgan fingerprint density at radius 3 is 2.61 bits per heavy atom. The van der Waals surface area contributed by atoms with Crippen LogP contribution >= 0.6 is 0 Å². The number of nitrogens with zero attached hydrogens (tertiary/aromatic N) is 2. The van der Waals surface area contributed by atoms with Crippen molar-refractivity contribution in [3.63, 3.8) is 0 Å². The molecule has 0 aliphatic carbocycles. The standard InChI is InChI=1S/C25H40N2O6/c1-5-11-17(3)26(14-6-2)22(30)20-25-13-12-24(4,33-25)19(23(31)32)18(25)21(29)27(20)15-9-7-8-10-16-28/h6,17-20,28H,2,5,7-16H2,1,3-4H3,(H,31,32)/t17?,18-,19+,20?,24-,25?/m0/s1. The maximum absolute atomic E-state index is 14.1. The molecule has 0 aromatic heterocycles. The number of ether oxygens (including phenoxy) is 1. The number of likely N-dealkylation sites (tertiary alicyclic amines) is 1. The van der Waals surface area contributed by atoms with Crippen LogP contribution in [-0.2, 0) is 19.1 Å². The van der Waals surface area contributed by atoms with Gasteiger partial charge in [-0.1, -0.05) is 32.3 Å². The van der Waals surface area contributed by atoms with Crippen molar-refractivity contribution >= 4 is 17.8 Å². The minimum Gasteiger partial charge on any atom is -0.481 e. The molecule has 1 spiro atoms. The molecule has 3 unspecified atom stereocenters. The second-order valence-corrected chi connectivity index (χ2v) is 10.2. The van der Waals surface area contributed by atoms with Crippen molar-refractivity contribution in [2.24, 2.45) is 11.8 Å². The van der Waals surface area contributed by atoms with E-state index < -0.39 is 35.0 Å². The minimum absolute atomic E-state index is 0.0260. The van der Waals surface area contributed by atoms with Crippen molar-refractivity contribution in [2.75, 3.05) is 19.7 Å². The Balaban J connectivity index is 1.97. The Hall–Kier alpha value is -1.93. The summed E-state index contributed by atoms with van der Waals surface area (Å²) in [5.74, 6) is -3.26. The number of hydrogen-bond acceptors (Lipinski definition) is 5. The number of amides is 2. The molecule has 2 N–H and O–H groups in total. The van der Waals surface area contributed by atoms with Crippen molar-refractivity contribution in [1.82, 2.24) is 9.80 Å². The van der Waals surface area contributed by atoms with Gasteiger partial charge in [0.25, 0.3) is 0 Å². The predicted octanol–water partition coefficient (Wildman–Crippen LogP) is 2.59. The van der Waals surface area contributed by atoms with E-state index in [4.69, 9.17) is 9.84 Å². The van der Waals surface area contributed by atoms with E-state index in [1.807, 2.05) is 6.92 Å². The van der Waals surface area contributed by atoms with Crippen molar-refractivity contribution < 1.29 is 29.3 Å². The molecule has 0 aromatic rings. The summed E-state index contributed by atoms with van der Waals surface area (Å²) in [6.45, 7) is 10.6. The number of carboxylic acids is 1. The number of carboxylic acid groups (broad SMARTS) is 1. The smallest absolute Gasteiger partial charge is 0.310 e. The zero-order valence-electron chi connectivity index (χ0n) is 20.3. The van der Waals surface area contributed by atoms with Crippen molar-refractivity contribution in [3.8, 4) is 0 Å². The summed E-state index contributed by atoms with van der Waals surface area (Å²) >= 11 is 0. The van der Waals surface area contributed by atoms with Crippen LogP contribution in [0.4, 0.5) is 0 Å². The third-order valence-electron chi connectivity index (χ3n) is 7.93. The first-order chi connectivity index (χ1) is 15.7. The lowest BCUT2D eigenvalue weighted by molar-refractivity contribution is -0.156. The summed E-state index contributed by atoms with van der Waals surface area (Å²) in [6.07, 6.45) is 7.54. The Kier molecular flexibility index (Phi) is 7.89. The molecule has 6 atom stereocenters. The van der Waals surface area contributed by atoms with Crippen LogP contribution in [0.1, 0.15) is 72.1 Å². The minimum atomic E-state index is -1.09. The fourth-order valence-electron chi connectivity index (χ4n) is 6.43. The SMILES string of the molecule is C=CCN(C(=O)C1N(CCCCCCO)C(=O)[C@@H]2[C@H](C(=O)O)[C@]3(C)CCC12O3)C(C)CCC. The largest absolute Gasteiger partial charge is 0.481 e. The molecule has 8 nitrogen and oxygen atoms in total. The Bertz CT molecular complexity index is 772. The van der Waals surface area contributed by atoms with Gasteiger partial charge >= 0.3 is 5.97 Å². The topological polar surface area (TPSA) is 107 Å². The second-order valence-electron chi connectivity index (χ2n) is 10.2. The Morgan fingerprint density at radius 2 is 2.00 bits per heavy atom. The molecule has 8 heteroatoms. The molecular weight excluding hydrogens is 424 g/mol. The number of aliphatic hydroxyl groups is 1. The number of aliphatic carboxylic acids is 1. The van der Waals surface area contributed by atoms with E-state index in [1.165, 1.54) is 0 Å². The molecule has 3 fully saturated rings. The molecular formula is C25H40N2O6. The fraction of sp³-hybridized carbons (Fsp3) is 0.800. The molecule has 2 bridgehead atoms. The summed E-state index contributed by atoms with van der Waals surface area (Å²) < 4.78 is 6.44. The van der Waals surface area contributed by atoms with Crippen molar-refractivity contribution in [3.05, 3.63) is 12.7 Å². The number of unbranched alkanes of at least 4 members (excludes halogenated alkanes) is 3. The average Bonchev–Trinajstić information content (AvgIpc) is 3.32. The predicted molar refractivity (Wildman–Crippen MR) is 123 cm³/mol. The molecule has 3 aliphatic heterocycles. The monoisotopic (exact) mass is 464 g/mol. The second kappa shape index (κ2) is 10.1. The van der Waals surface area contributed by atoms with E-state index >= 15 is 0 Å². The molecule has 2 amide bonds. The zero-order chi connectivity index (χ0) is 24.4. The summed E-state index contributed by atoms with van der Waals surface area (Å²) in [5, 5.41) is 19.0. The van der Waals surface area contributed by atoms with Gasteiger partial charge in [0.2, 0.25) is 11.8 Å². The van der Waals surface area contributed by atoms with Gasteiger partial charge in [-0.25, -0.2) is 0 Å². The molecule has 186 valence electrons. The zero-order valence-corrected chi connectivity index (χ0v) is 20.3. The normalized spacial score (nSPS) is 33.3. The van der Waals surface area contributed by atoms with Gasteiger partial charge in [0, 0.05) is 25.7 Å². The van der Waals surface area contributed by atoms with Crippen LogP contribution in [0, 0.1) is 11.8 Å². The van der Waals surface area contributed by atoms with E-state index in [-0.39, 0.29) is 24.5 Å². The first-order valence-electron chi connectivity index (χ1n) is 12.4. The lowest BCUT2D eigenvalue weighted by Crippen LogP contribution is -2.57. The van der Waals surface area contributed by atoms with Gasteiger partial charge in [-0.3, -0.25) is 14.4 Å². The third kappa shape index (κ3) is 4.32. The number of aliphatic hydroxyl groups excluding tert-OH is 1. The lowest BCUT2D eigenvalue weighted by atomic mass is 9.66. The van der Waals surface area contributed by atoms with E-state index in [2.05, 4.69) is 13.5 Å². The molecule has 3 heterocycles. The molecule has 0 aromatic carbocycles. The highest BCUT2D eigenvalue weighted by Gasteiger charge is 2.78. The highest BCUT2D eigenvalue weighted by molar-refractivity contribution is 5.98. The number of fused-ring (bicyclic) bond motifs is 1. The molecule has 3 aliphatic rings. The molecule has 3 saturated heterocycles. The van der Waals surface area contributed by atoms with Crippen LogP contribution in [0.5, 0.6) is 0 Å². The number of carbonyl (C=O) groups excluding carboxylic acids is 2. The average molecular weight is 465 g/mol. The highest BCUT2D eigenvalue weighted by atomic mass is 16.5. The molecule has 3 rings (SSSR count). The highest BCUT2D eigenvalue weighted by Crippen LogP contribution is 2.63. The van der Waals surface area contributed by atoms with Gasteiger partial charge in [0.1, 0.15) is 11.6 Å². The maximum Gasteiger partial charge on any atom is 0.310 e. The first-order valence-corrected chi connectivity index (χ1v) is 12.4. The summed E-state index contributed by atoms with van der Waals surface area (Å²) in [5.41, 5.74) is -2.03. The van der Waals surface area contributed by atoms with Crippen LogP contribution in [-0.4, -0.2) is 80.8 Å². The third-order valence-corrected chi connectivity index (χ3v) is 7.93. The van der Waals surface area contributed by atoms with Crippen LogP contribution in [0.2, 0.25) is 0 Å². The van der Waals surface area contributed by atoms with Crippen LogP contribution in [0.25, 0.3) is 0 Å². The number of hydrogen-bond donors (Lipinski definition) is 2. The number of rotatable bonds is 13. The van der Waals surface area contributed by atoms with Gasteiger partial charge in [-0.05, 0) is 46.0 Å². The van der Waals surface area contributed by atoms with Crippen LogP contribution in [0.15, 0.2) is 12.7 Å². The van der Waals surface area contributed by atoms with E-state index in [9.17, 15) is 19.5 Å². The summed E-state index contributed by atoms with van der Waals surface area (Å²) in [6, 6.07) is -0.847. The van der Waals surface area contributed by atoms with Crippen molar-refractivity contribution in [2.45, 2.75) is 95.4 Å². The van der Waals surface area contributed by atoms with Gasteiger partial charge < -0.3 is 24.7 Å². The fourth-order valence-corrected chi connectivity index (χ4v) is 6.43. The van der Waals surface area contributed by atoms with Crippen LogP contribution < -0.4 is 0 Å². The first kappa shape index (κ1) is 25.7. The van der Waals surface area contributed by atoms with E-state index in [1.54, 1.807) is 22.8 Å².